The van der Waals surface area contributed by atoms with Crippen LogP contribution >= 0.6 is 0 Å². The van der Waals surface area contributed by atoms with Crippen molar-refractivity contribution in [2.24, 2.45) is 11.7 Å². The van der Waals surface area contributed by atoms with Crippen molar-refractivity contribution in [3.63, 3.8) is 0 Å². The SMILES string of the molecule is Cc1cccc(N2CC(CCN)COC2=O)c1. The molecule has 1 saturated heterocycles. The molecule has 0 radical (unpaired) electrons. The van der Waals surface area contributed by atoms with Gasteiger partial charge in [0.15, 0.2) is 0 Å². The van der Waals surface area contributed by atoms with Gasteiger partial charge in [0.1, 0.15) is 0 Å². The molecule has 1 heterocycles. The molecule has 1 aromatic rings. The molecule has 1 aliphatic rings. The maximum Gasteiger partial charge on any atom is 0.414 e. The zero-order valence-corrected chi connectivity index (χ0v) is 10.1. The molecule has 1 aromatic carbocycles. The van der Waals surface area contributed by atoms with E-state index in [-0.39, 0.29) is 6.09 Å². The Labute approximate surface area is 101 Å². The fraction of sp³-hybridized carbons (Fsp3) is 0.462. The number of hydrogen-bond donors (Lipinski definition) is 1. The summed E-state index contributed by atoms with van der Waals surface area (Å²) in [4.78, 5) is 13.4. The fourth-order valence-electron chi connectivity index (χ4n) is 2.07. The zero-order valence-electron chi connectivity index (χ0n) is 10.1. The van der Waals surface area contributed by atoms with Crippen LogP contribution in [0.25, 0.3) is 0 Å². The van der Waals surface area contributed by atoms with Crippen LogP contribution in [-0.4, -0.2) is 25.8 Å². The Morgan fingerprint density at radius 1 is 1.53 bits per heavy atom. The van der Waals surface area contributed by atoms with E-state index in [2.05, 4.69) is 0 Å². The highest BCUT2D eigenvalue weighted by atomic mass is 16.6. The number of aryl methyl sites for hydroxylation is 1. The van der Waals surface area contributed by atoms with Crippen LogP contribution in [-0.2, 0) is 4.74 Å². The van der Waals surface area contributed by atoms with Crippen LogP contribution in [0.3, 0.4) is 0 Å². The van der Waals surface area contributed by atoms with Gasteiger partial charge in [0.25, 0.3) is 0 Å². The van der Waals surface area contributed by atoms with Crippen LogP contribution in [0, 0.1) is 12.8 Å². The van der Waals surface area contributed by atoms with Gasteiger partial charge < -0.3 is 10.5 Å². The lowest BCUT2D eigenvalue weighted by Crippen LogP contribution is -2.43. The quantitative estimate of drug-likeness (QED) is 0.869. The van der Waals surface area contributed by atoms with Crippen LogP contribution in [0.15, 0.2) is 24.3 Å². The molecule has 92 valence electrons. The first-order valence-corrected chi connectivity index (χ1v) is 5.91. The first kappa shape index (κ1) is 11.9. The Balaban J connectivity index is 2.15. The standard InChI is InChI=1S/C13H18N2O2/c1-10-3-2-4-12(7-10)15-8-11(5-6-14)9-17-13(15)16/h2-4,7,11H,5-6,8-9,14H2,1H3. The molecule has 1 amide bonds. The van der Waals surface area contributed by atoms with Crippen molar-refractivity contribution in [2.45, 2.75) is 13.3 Å². The van der Waals surface area contributed by atoms with E-state index >= 15 is 0 Å². The molecule has 2 N–H and O–H groups in total. The summed E-state index contributed by atoms with van der Waals surface area (Å²) in [5.41, 5.74) is 7.58. The number of carbonyl (C=O) groups is 1. The normalized spacial score (nSPS) is 20.2. The smallest absolute Gasteiger partial charge is 0.414 e. The van der Waals surface area contributed by atoms with Gasteiger partial charge in [-0.25, -0.2) is 4.79 Å². The first-order valence-electron chi connectivity index (χ1n) is 5.91. The van der Waals surface area contributed by atoms with E-state index in [9.17, 15) is 4.79 Å². The molecule has 0 bridgehead atoms. The van der Waals surface area contributed by atoms with Crippen molar-refractivity contribution < 1.29 is 9.53 Å². The number of nitrogens with two attached hydrogens (primary N) is 1. The maximum atomic E-state index is 11.7. The van der Waals surface area contributed by atoms with Crippen molar-refractivity contribution in [1.82, 2.24) is 0 Å². The average Bonchev–Trinajstić information content (AvgIpc) is 2.32. The highest BCUT2D eigenvalue weighted by Crippen LogP contribution is 2.22. The van der Waals surface area contributed by atoms with Gasteiger partial charge in [-0.2, -0.15) is 0 Å². The van der Waals surface area contributed by atoms with Crippen molar-refractivity contribution in [2.75, 3.05) is 24.6 Å². The fourth-order valence-corrected chi connectivity index (χ4v) is 2.07. The van der Waals surface area contributed by atoms with Crippen LogP contribution in [0.4, 0.5) is 10.5 Å². The lowest BCUT2D eigenvalue weighted by Gasteiger charge is -2.32. The molecule has 4 nitrogen and oxygen atoms in total. The molecule has 0 saturated carbocycles. The summed E-state index contributed by atoms with van der Waals surface area (Å²) in [5.74, 6) is 0.332. The maximum absolute atomic E-state index is 11.7. The topological polar surface area (TPSA) is 55.6 Å². The van der Waals surface area contributed by atoms with Gasteiger partial charge in [-0.15, -0.1) is 0 Å². The van der Waals surface area contributed by atoms with E-state index in [1.54, 1.807) is 4.90 Å². The van der Waals surface area contributed by atoms with E-state index in [4.69, 9.17) is 10.5 Å². The number of anilines is 1. The lowest BCUT2D eigenvalue weighted by atomic mass is 10.0. The van der Waals surface area contributed by atoms with Gasteiger partial charge in [-0.1, -0.05) is 12.1 Å². The van der Waals surface area contributed by atoms with E-state index in [1.165, 1.54) is 0 Å². The number of cyclic esters (lactones) is 1. The van der Waals surface area contributed by atoms with Crippen LogP contribution in [0.1, 0.15) is 12.0 Å². The minimum Gasteiger partial charge on any atom is -0.449 e. The van der Waals surface area contributed by atoms with Crippen molar-refractivity contribution in [3.8, 4) is 0 Å². The summed E-state index contributed by atoms with van der Waals surface area (Å²) >= 11 is 0. The number of rotatable bonds is 3. The van der Waals surface area contributed by atoms with E-state index < -0.39 is 0 Å². The number of carbonyl (C=O) groups excluding carboxylic acids is 1. The molecule has 0 aliphatic carbocycles. The Morgan fingerprint density at radius 3 is 3.06 bits per heavy atom. The summed E-state index contributed by atoms with van der Waals surface area (Å²) in [5, 5.41) is 0. The minimum atomic E-state index is -0.260. The molecule has 1 atom stereocenters. The van der Waals surface area contributed by atoms with Gasteiger partial charge in [0.05, 0.1) is 6.61 Å². The molecular formula is C13H18N2O2. The largest absolute Gasteiger partial charge is 0.449 e. The van der Waals surface area contributed by atoms with Gasteiger partial charge in [-0.3, -0.25) is 4.90 Å². The Bertz CT molecular complexity index is 406. The molecule has 0 spiro atoms. The van der Waals surface area contributed by atoms with Crippen molar-refractivity contribution in [3.05, 3.63) is 29.8 Å². The number of nitrogens with zero attached hydrogens (tertiary/aromatic N) is 1. The van der Waals surface area contributed by atoms with E-state index in [0.717, 1.165) is 17.7 Å². The summed E-state index contributed by atoms with van der Waals surface area (Å²) in [7, 11) is 0. The van der Waals surface area contributed by atoms with Crippen LogP contribution < -0.4 is 10.6 Å². The first-order chi connectivity index (χ1) is 8.20. The highest BCUT2D eigenvalue weighted by Gasteiger charge is 2.27. The third-order valence-corrected chi connectivity index (χ3v) is 2.99. The average molecular weight is 234 g/mol. The van der Waals surface area contributed by atoms with Crippen molar-refractivity contribution in [1.29, 1.82) is 0 Å². The molecule has 0 aromatic heterocycles. The third kappa shape index (κ3) is 2.77. The molecule has 17 heavy (non-hydrogen) atoms. The second-order valence-corrected chi connectivity index (χ2v) is 4.47. The summed E-state index contributed by atoms with van der Waals surface area (Å²) in [6, 6.07) is 7.88. The number of ether oxygens (including phenoxy) is 1. The summed E-state index contributed by atoms with van der Waals surface area (Å²) < 4.78 is 5.18. The predicted octanol–water partition coefficient (Wildman–Crippen LogP) is 1.92. The molecule has 1 unspecified atom stereocenters. The van der Waals surface area contributed by atoms with Gasteiger partial charge in [0, 0.05) is 18.2 Å². The second-order valence-electron chi connectivity index (χ2n) is 4.47. The molecule has 1 fully saturated rings. The second kappa shape index (κ2) is 5.19. The Kier molecular flexibility index (Phi) is 3.64. The summed E-state index contributed by atoms with van der Waals surface area (Å²) in [6.45, 7) is 3.82. The number of benzene rings is 1. The zero-order chi connectivity index (χ0) is 12.3. The van der Waals surface area contributed by atoms with Gasteiger partial charge in [-0.05, 0) is 37.6 Å². The lowest BCUT2D eigenvalue weighted by molar-refractivity contribution is 0.113. The van der Waals surface area contributed by atoms with Gasteiger partial charge >= 0.3 is 6.09 Å². The number of amides is 1. The van der Waals surface area contributed by atoms with E-state index in [1.807, 2.05) is 31.2 Å². The minimum absolute atomic E-state index is 0.260. The van der Waals surface area contributed by atoms with Gasteiger partial charge in [0.2, 0.25) is 0 Å². The Morgan fingerprint density at radius 2 is 2.35 bits per heavy atom. The molecule has 2 rings (SSSR count). The monoisotopic (exact) mass is 234 g/mol. The highest BCUT2D eigenvalue weighted by molar-refractivity contribution is 5.88. The molecule has 4 heteroatoms. The third-order valence-electron chi connectivity index (χ3n) is 2.99. The molecular weight excluding hydrogens is 216 g/mol. The Hall–Kier alpha value is -1.55. The van der Waals surface area contributed by atoms with E-state index in [0.29, 0.717) is 25.6 Å². The van der Waals surface area contributed by atoms with Crippen molar-refractivity contribution >= 4 is 11.8 Å². The molecule has 1 aliphatic heterocycles. The predicted molar refractivity (Wildman–Crippen MR) is 67.0 cm³/mol. The van der Waals surface area contributed by atoms with Crippen LogP contribution in [0.2, 0.25) is 0 Å². The summed E-state index contributed by atoms with van der Waals surface area (Å²) in [6.07, 6.45) is 0.624. The van der Waals surface area contributed by atoms with Crippen LogP contribution in [0.5, 0.6) is 0 Å². The number of hydrogen-bond acceptors (Lipinski definition) is 3.